The molecule has 0 radical (unpaired) electrons. The molecule has 0 amide bonds. The van der Waals surface area contributed by atoms with Crippen molar-refractivity contribution in [2.75, 3.05) is 29.8 Å². The van der Waals surface area contributed by atoms with Crippen LogP contribution in [0.15, 0.2) is 52.0 Å². The summed E-state index contributed by atoms with van der Waals surface area (Å²) in [5, 5.41) is 3.85. The van der Waals surface area contributed by atoms with E-state index in [1.54, 1.807) is 18.3 Å². The van der Waals surface area contributed by atoms with Crippen LogP contribution >= 0.6 is 0 Å². The third-order valence-corrected chi connectivity index (χ3v) is 7.61. The lowest BCUT2D eigenvalue weighted by molar-refractivity contribution is 0.0600. The zero-order chi connectivity index (χ0) is 24.3. The zero-order valence-electron chi connectivity index (χ0n) is 19.6. The van der Waals surface area contributed by atoms with E-state index in [0.29, 0.717) is 23.4 Å². The number of carbonyl (C=O) groups is 1. The molecule has 9 heteroatoms. The molecular formula is C25H29N3O5S. The second-order valence-corrected chi connectivity index (χ2v) is 10.00. The van der Waals surface area contributed by atoms with E-state index in [1.807, 2.05) is 32.0 Å². The molecule has 2 aromatic carbocycles. The summed E-state index contributed by atoms with van der Waals surface area (Å²) in [6.07, 6.45) is 5.39. The fraction of sp³-hybridized carbons (Fsp3) is 0.360. The summed E-state index contributed by atoms with van der Waals surface area (Å²) < 4.78 is 40.1. The van der Waals surface area contributed by atoms with E-state index in [1.165, 1.54) is 13.2 Å². The van der Waals surface area contributed by atoms with Crippen molar-refractivity contribution < 1.29 is 22.5 Å². The normalized spacial score (nSPS) is 14.1. The maximum absolute atomic E-state index is 13.6. The number of aryl methyl sites for hydroxylation is 2. The van der Waals surface area contributed by atoms with Gasteiger partial charge in [0.1, 0.15) is 5.76 Å². The molecule has 1 saturated heterocycles. The van der Waals surface area contributed by atoms with Gasteiger partial charge < -0.3 is 14.2 Å². The van der Waals surface area contributed by atoms with Crippen molar-refractivity contribution >= 4 is 27.4 Å². The van der Waals surface area contributed by atoms with Gasteiger partial charge in [0, 0.05) is 18.7 Å². The molecule has 4 rings (SSSR count). The highest BCUT2D eigenvalue weighted by molar-refractivity contribution is 7.92. The molecule has 0 bridgehead atoms. The summed E-state index contributed by atoms with van der Waals surface area (Å²) in [7, 11) is -2.73. The Morgan fingerprint density at radius 2 is 1.91 bits per heavy atom. The Labute approximate surface area is 200 Å². The van der Waals surface area contributed by atoms with Gasteiger partial charge in [-0.2, -0.15) is 0 Å². The second-order valence-electron chi connectivity index (χ2n) is 8.35. The van der Waals surface area contributed by atoms with E-state index in [-0.39, 0.29) is 10.5 Å². The number of anilines is 2. The number of rotatable bonds is 7. The lowest BCUT2D eigenvalue weighted by atomic mass is 10.0. The first-order chi connectivity index (χ1) is 16.3. The van der Waals surface area contributed by atoms with E-state index in [4.69, 9.17) is 9.26 Å². The highest BCUT2D eigenvalue weighted by Gasteiger charge is 2.24. The number of aromatic nitrogens is 1. The molecule has 0 atom stereocenters. The predicted molar refractivity (Wildman–Crippen MR) is 131 cm³/mol. The molecule has 0 spiro atoms. The Balaban J connectivity index is 1.80. The van der Waals surface area contributed by atoms with Crippen LogP contribution in [-0.4, -0.2) is 39.7 Å². The molecular weight excluding hydrogens is 454 g/mol. The number of hydrogen-bond donors (Lipinski definition) is 1. The minimum atomic E-state index is -4.00. The van der Waals surface area contributed by atoms with Gasteiger partial charge in [0.25, 0.3) is 10.0 Å². The number of piperidine rings is 1. The largest absolute Gasteiger partial charge is 0.465 e. The minimum absolute atomic E-state index is 0.0639. The minimum Gasteiger partial charge on any atom is -0.465 e. The number of nitrogens with one attached hydrogen (secondary N) is 1. The smallest absolute Gasteiger partial charge is 0.337 e. The van der Waals surface area contributed by atoms with Crippen LogP contribution in [0.2, 0.25) is 0 Å². The van der Waals surface area contributed by atoms with Gasteiger partial charge >= 0.3 is 5.97 Å². The van der Waals surface area contributed by atoms with Crippen molar-refractivity contribution in [3.8, 4) is 11.1 Å². The molecule has 1 aliphatic heterocycles. The van der Waals surface area contributed by atoms with Gasteiger partial charge in [-0.1, -0.05) is 24.2 Å². The average Bonchev–Trinajstić information content (AvgIpc) is 3.29. The van der Waals surface area contributed by atoms with Crippen molar-refractivity contribution in [3.05, 3.63) is 59.5 Å². The van der Waals surface area contributed by atoms with Crippen molar-refractivity contribution in [2.45, 2.75) is 44.4 Å². The summed E-state index contributed by atoms with van der Waals surface area (Å²) in [5.41, 5.74) is 3.70. The summed E-state index contributed by atoms with van der Waals surface area (Å²) in [5.74, 6) is 0.0663. The van der Waals surface area contributed by atoms with Crippen LogP contribution < -0.4 is 9.62 Å². The van der Waals surface area contributed by atoms with Crippen LogP contribution in [0.5, 0.6) is 0 Å². The summed E-state index contributed by atoms with van der Waals surface area (Å²) in [6, 6.07) is 10.3. The van der Waals surface area contributed by atoms with Gasteiger partial charge in [0.2, 0.25) is 0 Å². The molecule has 0 unspecified atom stereocenters. The van der Waals surface area contributed by atoms with Crippen LogP contribution in [0, 0.1) is 6.92 Å². The van der Waals surface area contributed by atoms with Crippen molar-refractivity contribution in [1.82, 2.24) is 5.16 Å². The first kappa shape index (κ1) is 23.8. The molecule has 8 nitrogen and oxygen atoms in total. The quantitative estimate of drug-likeness (QED) is 0.482. The molecule has 34 heavy (non-hydrogen) atoms. The molecule has 1 aliphatic rings. The fourth-order valence-electron chi connectivity index (χ4n) is 4.31. The number of nitrogens with zero attached hydrogens (tertiary/aromatic N) is 2. The predicted octanol–water partition coefficient (Wildman–Crippen LogP) is 4.79. The number of carbonyl (C=O) groups excluding carboxylic acids is 1. The third kappa shape index (κ3) is 4.79. The SMILES string of the molecule is CCc1ccc(C(=O)OC)cc1S(=O)(=O)Nc1cc(-c2cnoc2C)ccc1N1CCCCC1. The lowest BCUT2D eigenvalue weighted by Gasteiger charge is -2.31. The van der Waals surface area contributed by atoms with Gasteiger partial charge in [0.05, 0.1) is 35.1 Å². The average molecular weight is 484 g/mol. The number of esters is 1. The van der Waals surface area contributed by atoms with Crippen molar-refractivity contribution in [1.29, 1.82) is 0 Å². The van der Waals surface area contributed by atoms with Crippen LogP contribution in [0.4, 0.5) is 11.4 Å². The van der Waals surface area contributed by atoms with Crippen molar-refractivity contribution in [3.63, 3.8) is 0 Å². The van der Waals surface area contributed by atoms with E-state index >= 15 is 0 Å². The Kier molecular flexibility index (Phi) is 6.92. The highest BCUT2D eigenvalue weighted by atomic mass is 32.2. The summed E-state index contributed by atoms with van der Waals surface area (Å²) >= 11 is 0. The zero-order valence-corrected chi connectivity index (χ0v) is 20.4. The monoisotopic (exact) mass is 483 g/mol. The van der Waals surface area contributed by atoms with Gasteiger partial charge in [-0.05, 0) is 68.0 Å². The second kappa shape index (κ2) is 9.89. The molecule has 1 fully saturated rings. The Bertz CT molecular complexity index is 1290. The molecule has 1 aromatic heterocycles. The Morgan fingerprint density at radius 3 is 2.56 bits per heavy atom. The fourth-order valence-corrected chi connectivity index (χ4v) is 5.72. The summed E-state index contributed by atoms with van der Waals surface area (Å²) in [6.45, 7) is 5.41. The van der Waals surface area contributed by atoms with E-state index < -0.39 is 16.0 Å². The van der Waals surface area contributed by atoms with E-state index in [0.717, 1.165) is 49.2 Å². The van der Waals surface area contributed by atoms with Crippen LogP contribution in [0.3, 0.4) is 0 Å². The molecule has 1 N–H and O–H groups in total. The molecule has 0 saturated carbocycles. The number of sulfonamides is 1. The number of benzene rings is 2. The van der Waals surface area contributed by atoms with E-state index in [9.17, 15) is 13.2 Å². The number of ether oxygens (including phenoxy) is 1. The van der Waals surface area contributed by atoms with Gasteiger partial charge in [-0.15, -0.1) is 0 Å². The maximum atomic E-state index is 13.6. The first-order valence-corrected chi connectivity index (χ1v) is 12.9. The van der Waals surface area contributed by atoms with Crippen LogP contribution in [0.25, 0.3) is 11.1 Å². The molecule has 3 aromatic rings. The van der Waals surface area contributed by atoms with Gasteiger partial charge in [-0.3, -0.25) is 4.72 Å². The van der Waals surface area contributed by atoms with Gasteiger partial charge in [0.15, 0.2) is 0 Å². The topological polar surface area (TPSA) is 102 Å². The third-order valence-electron chi connectivity index (χ3n) is 6.16. The number of methoxy groups -OCH3 is 1. The van der Waals surface area contributed by atoms with Crippen LogP contribution in [0.1, 0.15) is 47.9 Å². The van der Waals surface area contributed by atoms with Crippen LogP contribution in [-0.2, 0) is 21.2 Å². The number of hydrogen-bond acceptors (Lipinski definition) is 7. The first-order valence-electron chi connectivity index (χ1n) is 11.4. The lowest BCUT2D eigenvalue weighted by Crippen LogP contribution is -2.30. The molecule has 2 heterocycles. The highest BCUT2D eigenvalue weighted by Crippen LogP contribution is 2.36. The summed E-state index contributed by atoms with van der Waals surface area (Å²) in [4.78, 5) is 14.3. The Hall–Kier alpha value is -3.33. The maximum Gasteiger partial charge on any atom is 0.337 e. The molecule has 0 aliphatic carbocycles. The standard InChI is InChI=1S/C25H29N3O5S/c1-4-18-8-9-20(25(29)32-3)15-24(18)34(30,31)27-22-14-19(21-16-26-33-17(21)2)10-11-23(22)28-12-6-5-7-13-28/h8-11,14-16,27H,4-7,12-13H2,1-3H3. The molecule has 180 valence electrons. The van der Waals surface area contributed by atoms with Gasteiger partial charge in [-0.25, -0.2) is 13.2 Å². The van der Waals surface area contributed by atoms with E-state index in [2.05, 4.69) is 14.8 Å². The Morgan fingerprint density at radius 1 is 1.15 bits per heavy atom. The van der Waals surface area contributed by atoms with Crippen molar-refractivity contribution in [2.24, 2.45) is 0 Å².